The number of carbonyl (C=O) groups is 5. The molecular weight excluding hydrogens is 484 g/mol. The summed E-state index contributed by atoms with van der Waals surface area (Å²) in [6.07, 6.45) is 16.0. The second kappa shape index (κ2) is 15.2. The van der Waals surface area contributed by atoms with Gasteiger partial charge in [-0.05, 0) is 31.4 Å². The van der Waals surface area contributed by atoms with E-state index in [0.29, 0.717) is 29.8 Å². The quantitative estimate of drug-likeness (QED) is 0.191. The molecule has 9 heteroatoms. The molecule has 0 spiro atoms. The smallest absolute Gasteiger partial charge is 0.264 e. The minimum absolute atomic E-state index is 0.107. The molecule has 9 nitrogen and oxygen atoms in total. The van der Waals surface area contributed by atoms with Crippen LogP contribution in [0.1, 0.15) is 123 Å². The molecule has 0 radical (unpaired) electrons. The number of carbonyl (C=O) groups excluding carboxylic acids is 5. The van der Waals surface area contributed by atoms with Crippen molar-refractivity contribution in [1.29, 1.82) is 0 Å². The Balaban J connectivity index is 1.27. The number of piperidine rings is 1. The molecule has 38 heavy (non-hydrogen) atoms. The van der Waals surface area contributed by atoms with E-state index in [4.69, 9.17) is 5.73 Å². The SMILES string of the molecule is NC(=O)CCCCCCCCCCCCCCCNc1cccc2c1C(=O)N(C1CCC(=O)NC1=O)C2=O. The summed E-state index contributed by atoms with van der Waals surface area (Å²) in [7, 11) is 0. The van der Waals surface area contributed by atoms with Crippen LogP contribution in [0.2, 0.25) is 0 Å². The number of amides is 5. The van der Waals surface area contributed by atoms with Crippen molar-refractivity contribution in [3.05, 3.63) is 29.3 Å². The standard InChI is InChI=1S/C29H42N4O5/c30-24(34)17-12-10-8-6-4-2-1-3-5-7-9-11-13-20-31-22-16-14-15-21-26(22)29(38)33(28(21)37)23-18-19-25(35)32-27(23)36/h14-16,23,31H,1-13,17-20H2,(H2,30,34)(H,32,35,36). The molecule has 0 aliphatic carbocycles. The molecule has 0 bridgehead atoms. The van der Waals surface area contributed by atoms with Crippen molar-refractivity contribution in [3.8, 4) is 0 Å². The lowest BCUT2D eigenvalue weighted by Gasteiger charge is -2.27. The van der Waals surface area contributed by atoms with Crippen molar-refractivity contribution in [1.82, 2.24) is 10.2 Å². The van der Waals surface area contributed by atoms with E-state index in [0.717, 1.165) is 30.6 Å². The fraction of sp³-hybridized carbons (Fsp3) is 0.621. The van der Waals surface area contributed by atoms with Gasteiger partial charge in [-0.3, -0.25) is 34.2 Å². The minimum Gasteiger partial charge on any atom is -0.384 e. The van der Waals surface area contributed by atoms with Gasteiger partial charge < -0.3 is 11.1 Å². The molecule has 208 valence electrons. The summed E-state index contributed by atoms with van der Waals surface area (Å²) in [5.74, 6) is -2.14. The number of rotatable bonds is 18. The number of benzene rings is 1. The van der Waals surface area contributed by atoms with Crippen molar-refractivity contribution in [2.24, 2.45) is 5.73 Å². The van der Waals surface area contributed by atoms with Crippen LogP contribution in [0.25, 0.3) is 0 Å². The Morgan fingerprint density at radius 3 is 2.00 bits per heavy atom. The molecular formula is C29H42N4O5. The van der Waals surface area contributed by atoms with E-state index in [2.05, 4.69) is 10.6 Å². The molecule has 2 aliphatic rings. The highest BCUT2D eigenvalue weighted by molar-refractivity contribution is 6.25. The summed E-state index contributed by atoms with van der Waals surface area (Å²) >= 11 is 0. The van der Waals surface area contributed by atoms with Crippen LogP contribution in [-0.2, 0) is 14.4 Å². The Kier molecular flexibility index (Phi) is 11.8. The molecule has 1 fully saturated rings. The molecule has 1 unspecified atom stereocenters. The highest BCUT2D eigenvalue weighted by Crippen LogP contribution is 2.32. The van der Waals surface area contributed by atoms with Gasteiger partial charge in [-0.1, -0.05) is 76.7 Å². The molecule has 1 saturated heterocycles. The van der Waals surface area contributed by atoms with E-state index in [1.165, 1.54) is 57.8 Å². The van der Waals surface area contributed by atoms with E-state index in [-0.39, 0.29) is 24.7 Å². The van der Waals surface area contributed by atoms with Crippen LogP contribution in [0.5, 0.6) is 0 Å². The van der Waals surface area contributed by atoms with Crippen molar-refractivity contribution in [2.75, 3.05) is 11.9 Å². The highest BCUT2D eigenvalue weighted by atomic mass is 16.2. The number of hydrogen-bond acceptors (Lipinski definition) is 6. The van der Waals surface area contributed by atoms with Crippen LogP contribution in [0, 0.1) is 0 Å². The predicted molar refractivity (Wildman–Crippen MR) is 145 cm³/mol. The van der Waals surface area contributed by atoms with Gasteiger partial charge in [0.15, 0.2) is 0 Å². The van der Waals surface area contributed by atoms with Crippen molar-refractivity contribution < 1.29 is 24.0 Å². The van der Waals surface area contributed by atoms with E-state index < -0.39 is 23.8 Å². The lowest BCUT2D eigenvalue weighted by molar-refractivity contribution is -0.136. The van der Waals surface area contributed by atoms with Gasteiger partial charge in [0.2, 0.25) is 17.7 Å². The molecule has 1 aromatic rings. The number of nitrogens with two attached hydrogens (primary N) is 1. The number of nitrogens with one attached hydrogen (secondary N) is 2. The first kappa shape index (κ1) is 29.3. The largest absolute Gasteiger partial charge is 0.384 e. The highest BCUT2D eigenvalue weighted by Gasteiger charge is 2.45. The summed E-state index contributed by atoms with van der Waals surface area (Å²) in [5, 5.41) is 5.53. The molecule has 5 amide bonds. The zero-order valence-corrected chi connectivity index (χ0v) is 22.4. The molecule has 3 rings (SSSR count). The molecule has 4 N–H and O–H groups in total. The fourth-order valence-corrected chi connectivity index (χ4v) is 5.25. The Labute approximate surface area is 225 Å². The number of anilines is 1. The topological polar surface area (TPSA) is 139 Å². The van der Waals surface area contributed by atoms with E-state index in [1.807, 2.05) is 0 Å². The minimum atomic E-state index is -0.951. The van der Waals surface area contributed by atoms with Crippen LogP contribution < -0.4 is 16.4 Å². The summed E-state index contributed by atoms with van der Waals surface area (Å²) in [4.78, 5) is 61.5. The van der Waals surface area contributed by atoms with Crippen LogP contribution in [0.15, 0.2) is 18.2 Å². The Hall–Kier alpha value is -3.23. The number of hydrogen-bond donors (Lipinski definition) is 3. The average Bonchev–Trinajstić information content (AvgIpc) is 3.14. The normalized spacial score (nSPS) is 17.1. The van der Waals surface area contributed by atoms with E-state index in [9.17, 15) is 24.0 Å². The molecule has 0 aromatic heterocycles. The lowest BCUT2D eigenvalue weighted by Crippen LogP contribution is -2.54. The van der Waals surface area contributed by atoms with Crippen LogP contribution in [0.4, 0.5) is 5.69 Å². The second-order valence-electron chi connectivity index (χ2n) is 10.4. The first-order chi connectivity index (χ1) is 18.4. The van der Waals surface area contributed by atoms with Gasteiger partial charge in [0.05, 0.1) is 11.1 Å². The Morgan fingerprint density at radius 2 is 1.42 bits per heavy atom. The first-order valence-electron chi connectivity index (χ1n) is 14.3. The summed E-state index contributed by atoms with van der Waals surface area (Å²) < 4.78 is 0. The second-order valence-corrected chi connectivity index (χ2v) is 10.4. The van der Waals surface area contributed by atoms with Crippen molar-refractivity contribution >= 4 is 35.2 Å². The third kappa shape index (κ3) is 8.39. The Morgan fingerprint density at radius 1 is 0.842 bits per heavy atom. The van der Waals surface area contributed by atoms with Gasteiger partial charge in [0, 0.05) is 25.1 Å². The zero-order chi connectivity index (χ0) is 27.3. The van der Waals surface area contributed by atoms with Crippen LogP contribution >= 0.6 is 0 Å². The monoisotopic (exact) mass is 526 g/mol. The third-order valence-electron chi connectivity index (χ3n) is 7.38. The van der Waals surface area contributed by atoms with Gasteiger partial charge in [-0.25, -0.2) is 0 Å². The third-order valence-corrected chi connectivity index (χ3v) is 7.38. The number of unbranched alkanes of at least 4 members (excludes halogenated alkanes) is 12. The maximum absolute atomic E-state index is 13.1. The average molecular weight is 527 g/mol. The first-order valence-corrected chi connectivity index (χ1v) is 14.3. The maximum atomic E-state index is 13.1. The van der Waals surface area contributed by atoms with Crippen LogP contribution in [0.3, 0.4) is 0 Å². The molecule has 1 atom stereocenters. The molecule has 2 heterocycles. The van der Waals surface area contributed by atoms with Gasteiger partial charge >= 0.3 is 0 Å². The number of fused-ring (bicyclic) bond motifs is 1. The zero-order valence-electron chi connectivity index (χ0n) is 22.4. The number of nitrogens with zero attached hydrogens (tertiary/aromatic N) is 1. The van der Waals surface area contributed by atoms with Gasteiger partial charge in [-0.15, -0.1) is 0 Å². The summed E-state index contributed by atoms with van der Waals surface area (Å²) in [5.41, 5.74) is 6.37. The van der Waals surface area contributed by atoms with E-state index >= 15 is 0 Å². The molecule has 1 aromatic carbocycles. The fourth-order valence-electron chi connectivity index (χ4n) is 5.25. The number of imide groups is 2. The van der Waals surface area contributed by atoms with Gasteiger partial charge in [-0.2, -0.15) is 0 Å². The summed E-state index contributed by atoms with van der Waals surface area (Å²) in [6, 6.07) is 4.19. The predicted octanol–water partition coefficient (Wildman–Crippen LogP) is 4.45. The Bertz CT molecular complexity index is 1010. The molecule has 0 saturated carbocycles. The van der Waals surface area contributed by atoms with E-state index in [1.54, 1.807) is 18.2 Å². The van der Waals surface area contributed by atoms with Crippen molar-refractivity contribution in [3.63, 3.8) is 0 Å². The summed E-state index contributed by atoms with van der Waals surface area (Å²) in [6.45, 7) is 0.704. The number of primary amides is 1. The maximum Gasteiger partial charge on any atom is 0.264 e. The van der Waals surface area contributed by atoms with Gasteiger partial charge in [0.25, 0.3) is 11.8 Å². The lowest BCUT2D eigenvalue weighted by atomic mass is 10.0. The van der Waals surface area contributed by atoms with Crippen molar-refractivity contribution in [2.45, 2.75) is 109 Å². The molecule has 2 aliphatic heterocycles. The van der Waals surface area contributed by atoms with Crippen LogP contribution in [-0.4, -0.2) is 47.0 Å². The van der Waals surface area contributed by atoms with Gasteiger partial charge in [0.1, 0.15) is 6.04 Å².